The van der Waals surface area contributed by atoms with Crippen LogP contribution in [0.1, 0.15) is 51.4 Å². The Kier molecular flexibility index (Phi) is 2.42. The lowest BCUT2D eigenvalue weighted by Gasteiger charge is -2.57. The van der Waals surface area contributed by atoms with Crippen LogP contribution in [-0.2, 0) is 0 Å². The topological polar surface area (TPSA) is 0 Å². The maximum absolute atomic E-state index is 3.59. The highest BCUT2D eigenvalue weighted by molar-refractivity contribution is 9.09. The van der Waals surface area contributed by atoms with E-state index in [1.54, 1.807) is 38.5 Å². The fourth-order valence-corrected chi connectivity index (χ4v) is 5.32. The van der Waals surface area contributed by atoms with E-state index in [0.717, 1.165) is 23.2 Å². The Morgan fingerprint density at radius 1 is 0.929 bits per heavy atom. The summed E-state index contributed by atoms with van der Waals surface area (Å²) in [6.07, 6.45) is 12.5. The highest BCUT2D eigenvalue weighted by Crippen LogP contribution is 2.61. The molecule has 0 unspecified atom stereocenters. The van der Waals surface area contributed by atoms with Crippen molar-refractivity contribution in [2.24, 2.45) is 23.2 Å². The third kappa shape index (κ3) is 1.56. The molecule has 0 aromatic heterocycles. The van der Waals surface area contributed by atoms with Crippen LogP contribution in [0.25, 0.3) is 0 Å². The highest BCUT2D eigenvalue weighted by atomic mass is 79.9. The normalized spacial score (nSPS) is 49.9. The molecule has 0 nitrogen and oxygen atoms in total. The third-order valence-electron chi connectivity index (χ3n) is 5.01. The summed E-state index contributed by atoms with van der Waals surface area (Å²) in [6.45, 7) is 0. The Hall–Kier alpha value is 0.480. The average molecular weight is 257 g/mol. The van der Waals surface area contributed by atoms with Crippen molar-refractivity contribution in [3.05, 3.63) is 0 Å². The van der Waals surface area contributed by atoms with Crippen LogP contribution in [0, 0.1) is 23.2 Å². The lowest BCUT2D eigenvalue weighted by Crippen LogP contribution is -2.45. The fourth-order valence-electron chi connectivity index (χ4n) is 5.04. The molecule has 4 saturated carbocycles. The molecular weight excluding hydrogens is 236 g/mol. The molecule has 0 aromatic carbocycles. The summed E-state index contributed by atoms with van der Waals surface area (Å²) in [5, 5.41) is 1.22. The van der Waals surface area contributed by atoms with E-state index in [9.17, 15) is 0 Å². The van der Waals surface area contributed by atoms with Crippen molar-refractivity contribution in [2.75, 3.05) is 5.33 Å². The van der Waals surface area contributed by atoms with Gasteiger partial charge in [-0.05, 0) is 74.5 Å². The summed E-state index contributed by atoms with van der Waals surface area (Å²) in [4.78, 5) is 0. The molecule has 0 aromatic rings. The molecular formula is C13H21Br. The molecule has 80 valence electrons. The molecule has 0 heterocycles. The van der Waals surface area contributed by atoms with E-state index in [-0.39, 0.29) is 0 Å². The third-order valence-corrected chi connectivity index (χ3v) is 5.57. The van der Waals surface area contributed by atoms with E-state index < -0.39 is 0 Å². The van der Waals surface area contributed by atoms with Gasteiger partial charge in [-0.3, -0.25) is 0 Å². The van der Waals surface area contributed by atoms with Crippen LogP contribution in [-0.4, -0.2) is 5.33 Å². The van der Waals surface area contributed by atoms with E-state index in [1.807, 2.05) is 0 Å². The molecule has 4 aliphatic rings. The first kappa shape index (κ1) is 9.69. The zero-order valence-electron chi connectivity index (χ0n) is 8.97. The van der Waals surface area contributed by atoms with Gasteiger partial charge in [0, 0.05) is 5.33 Å². The van der Waals surface area contributed by atoms with E-state index in [2.05, 4.69) is 15.9 Å². The van der Waals surface area contributed by atoms with Crippen molar-refractivity contribution in [1.82, 2.24) is 0 Å². The zero-order chi connectivity index (χ0) is 9.60. The first-order valence-corrected chi connectivity index (χ1v) is 7.48. The van der Waals surface area contributed by atoms with Gasteiger partial charge in [-0.2, -0.15) is 0 Å². The number of rotatable bonds is 3. The molecule has 4 rings (SSSR count). The second-order valence-corrected chi connectivity index (χ2v) is 7.00. The van der Waals surface area contributed by atoms with Crippen molar-refractivity contribution in [1.29, 1.82) is 0 Å². The van der Waals surface area contributed by atoms with Crippen molar-refractivity contribution >= 4 is 15.9 Å². The van der Waals surface area contributed by atoms with Gasteiger partial charge in [-0.15, -0.1) is 0 Å². The van der Waals surface area contributed by atoms with Gasteiger partial charge in [-0.1, -0.05) is 15.9 Å². The minimum atomic E-state index is 0.822. The second-order valence-electron chi connectivity index (χ2n) is 6.21. The molecule has 4 fully saturated rings. The molecule has 14 heavy (non-hydrogen) atoms. The molecule has 4 bridgehead atoms. The first-order chi connectivity index (χ1) is 6.80. The van der Waals surface area contributed by atoms with E-state index in [1.165, 1.54) is 18.2 Å². The minimum Gasteiger partial charge on any atom is -0.0928 e. The standard InChI is InChI=1S/C13H21Br/c14-3-1-2-13-7-10-4-11(8-13)6-12(5-10)9-13/h10-12H,1-9H2. The maximum atomic E-state index is 3.59. The Morgan fingerprint density at radius 3 is 1.86 bits per heavy atom. The van der Waals surface area contributed by atoms with Gasteiger partial charge in [0.15, 0.2) is 0 Å². The Labute approximate surface area is 96.0 Å². The van der Waals surface area contributed by atoms with Crippen LogP contribution in [0.4, 0.5) is 0 Å². The van der Waals surface area contributed by atoms with Crippen LogP contribution >= 0.6 is 15.9 Å². The summed E-state index contributed by atoms with van der Waals surface area (Å²) in [5.74, 6) is 3.41. The summed E-state index contributed by atoms with van der Waals surface area (Å²) in [6, 6.07) is 0. The molecule has 0 saturated heterocycles. The SMILES string of the molecule is BrCCCC12CC3CC(CC(C3)C1)C2. The van der Waals surface area contributed by atoms with Crippen LogP contribution in [0.2, 0.25) is 0 Å². The maximum Gasteiger partial charge on any atom is 0.00315 e. The molecule has 0 amide bonds. The molecule has 0 aliphatic heterocycles. The van der Waals surface area contributed by atoms with Gasteiger partial charge in [0.1, 0.15) is 0 Å². The highest BCUT2D eigenvalue weighted by Gasteiger charge is 2.50. The first-order valence-electron chi connectivity index (χ1n) is 6.36. The number of hydrogen-bond acceptors (Lipinski definition) is 0. The largest absolute Gasteiger partial charge is 0.0928 e. The molecule has 1 heteroatoms. The van der Waals surface area contributed by atoms with Crippen LogP contribution in [0.3, 0.4) is 0 Å². The van der Waals surface area contributed by atoms with Gasteiger partial charge < -0.3 is 0 Å². The van der Waals surface area contributed by atoms with Crippen molar-refractivity contribution in [3.63, 3.8) is 0 Å². The van der Waals surface area contributed by atoms with Gasteiger partial charge in [0.25, 0.3) is 0 Å². The Morgan fingerprint density at radius 2 is 1.43 bits per heavy atom. The predicted molar refractivity (Wildman–Crippen MR) is 63.6 cm³/mol. The van der Waals surface area contributed by atoms with Crippen LogP contribution in [0.15, 0.2) is 0 Å². The molecule has 4 aliphatic carbocycles. The predicted octanol–water partition coefficient (Wildman–Crippen LogP) is 4.38. The Bertz CT molecular complexity index is 186. The lowest BCUT2D eigenvalue weighted by atomic mass is 9.49. The summed E-state index contributed by atoms with van der Waals surface area (Å²) >= 11 is 3.59. The number of alkyl halides is 1. The summed E-state index contributed by atoms with van der Waals surface area (Å²) < 4.78 is 0. The van der Waals surface area contributed by atoms with Gasteiger partial charge >= 0.3 is 0 Å². The van der Waals surface area contributed by atoms with Crippen molar-refractivity contribution < 1.29 is 0 Å². The van der Waals surface area contributed by atoms with E-state index in [0.29, 0.717) is 0 Å². The monoisotopic (exact) mass is 256 g/mol. The fraction of sp³-hybridized carbons (Fsp3) is 1.00. The van der Waals surface area contributed by atoms with Crippen LogP contribution < -0.4 is 0 Å². The molecule has 0 radical (unpaired) electrons. The smallest absolute Gasteiger partial charge is 0.00315 e. The lowest BCUT2D eigenvalue weighted by molar-refractivity contribution is -0.0573. The molecule has 0 atom stereocenters. The van der Waals surface area contributed by atoms with Gasteiger partial charge in [0.2, 0.25) is 0 Å². The minimum absolute atomic E-state index is 0.822. The number of hydrogen-bond donors (Lipinski definition) is 0. The van der Waals surface area contributed by atoms with Crippen LogP contribution in [0.5, 0.6) is 0 Å². The van der Waals surface area contributed by atoms with Crippen molar-refractivity contribution in [3.8, 4) is 0 Å². The van der Waals surface area contributed by atoms with E-state index >= 15 is 0 Å². The van der Waals surface area contributed by atoms with Crippen molar-refractivity contribution in [2.45, 2.75) is 51.4 Å². The van der Waals surface area contributed by atoms with Gasteiger partial charge in [0.05, 0.1) is 0 Å². The molecule has 0 spiro atoms. The quantitative estimate of drug-likeness (QED) is 0.658. The average Bonchev–Trinajstić information content (AvgIpc) is 2.12. The zero-order valence-corrected chi connectivity index (χ0v) is 10.6. The van der Waals surface area contributed by atoms with E-state index in [4.69, 9.17) is 0 Å². The van der Waals surface area contributed by atoms with Gasteiger partial charge in [-0.25, -0.2) is 0 Å². The summed E-state index contributed by atoms with van der Waals surface area (Å²) in [5.41, 5.74) is 0.822. The Balaban J connectivity index is 1.74. The second kappa shape index (κ2) is 3.50. The molecule has 0 N–H and O–H groups in total. The summed E-state index contributed by atoms with van der Waals surface area (Å²) in [7, 11) is 0. The number of halogens is 1.